The van der Waals surface area contributed by atoms with Gasteiger partial charge in [0.15, 0.2) is 0 Å². The van der Waals surface area contributed by atoms with Crippen LogP contribution in [0.3, 0.4) is 0 Å². The van der Waals surface area contributed by atoms with Crippen LogP contribution in [0, 0.1) is 0 Å². The third-order valence-electron chi connectivity index (χ3n) is 0.676. The van der Waals surface area contributed by atoms with E-state index in [1.165, 1.54) is 6.08 Å². The standard InChI is InChI=1S/C5H11BO3/c1-5(2,7)3-4-6(8)9/h3-4,7-9H,1-2H3/b4-3+. The zero-order valence-corrected chi connectivity index (χ0v) is 5.57. The second-order valence-corrected chi connectivity index (χ2v) is 2.43. The van der Waals surface area contributed by atoms with E-state index in [0.29, 0.717) is 0 Å². The Kier molecular flexibility index (Phi) is 2.90. The van der Waals surface area contributed by atoms with Crippen molar-refractivity contribution in [2.75, 3.05) is 0 Å². The highest BCUT2D eigenvalue weighted by Crippen LogP contribution is 2.01. The Balaban J connectivity index is 3.71. The van der Waals surface area contributed by atoms with Gasteiger partial charge in [-0.2, -0.15) is 0 Å². The Morgan fingerprint density at radius 3 is 1.89 bits per heavy atom. The lowest BCUT2D eigenvalue weighted by Crippen LogP contribution is -2.16. The van der Waals surface area contributed by atoms with Gasteiger partial charge in [0, 0.05) is 0 Å². The molecule has 0 aromatic rings. The Labute approximate surface area is 54.8 Å². The van der Waals surface area contributed by atoms with Crippen LogP contribution in [0.15, 0.2) is 12.1 Å². The fraction of sp³-hybridized carbons (Fsp3) is 0.600. The molecule has 0 bridgehead atoms. The Morgan fingerprint density at radius 2 is 1.78 bits per heavy atom. The molecule has 4 heteroatoms. The van der Waals surface area contributed by atoms with E-state index in [1.54, 1.807) is 13.8 Å². The van der Waals surface area contributed by atoms with Gasteiger partial charge in [-0.05, 0) is 13.8 Å². The number of hydrogen-bond donors (Lipinski definition) is 3. The topological polar surface area (TPSA) is 60.7 Å². The van der Waals surface area contributed by atoms with Crippen molar-refractivity contribution in [2.24, 2.45) is 0 Å². The minimum atomic E-state index is -1.48. The molecule has 0 aliphatic rings. The molecule has 0 atom stereocenters. The quantitative estimate of drug-likeness (QED) is 0.434. The molecule has 3 N–H and O–H groups in total. The van der Waals surface area contributed by atoms with Gasteiger partial charge < -0.3 is 15.2 Å². The molecular weight excluding hydrogens is 119 g/mol. The summed E-state index contributed by atoms with van der Waals surface area (Å²) in [6.45, 7) is 3.10. The molecule has 3 nitrogen and oxygen atoms in total. The molecule has 0 saturated carbocycles. The predicted octanol–water partition coefficient (Wildman–Crippen LogP) is -0.675. The summed E-state index contributed by atoms with van der Waals surface area (Å²) in [5.41, 5.74) is -0.969. The van der Waals surface area contributed by atoms with Gasteiger partial charge in [0.1, 0.15) is 0 Å². The zero-order valence-electron chi connectivity index (χ0n) is 5.57. The van der Waals surface area contributed by atoms with Crippen LogP contribution < -0.4 is 0 Å². The van der Waals surface area contributed by atoms with Gasteiger partial charge >= 0.3 is 7.12 Å². The van der Waals surface area contributed by atoms with E-state index in [9.17, 15) is 0 Å². The van der Waals surface area contributed by atoms with Crippen molar-refractivity contribution in [3.63, 3.8) is 0 Å². The van der Waals surface area contributed by atoms with Crippen LogP contribution in [0.5, 0.6) is 0 Å². The fourth-order valence-corrected chi connectivity index (χ4v) is 0.322. The molecule has 0 radical (unpaired) electrons. The molecule has 0 aromatic carbocycles. The monoisotopic (exact) mass is 130 g/mol. The lowest BCUT2D eigenvalue weighted by Gasteiger charge is -2.09. The van der Waals surface area contributed by atoms with Gasteiger partial charge in [-0.3, -0.25) is 0 Å². The molecular formula is C5H11BO3. The van der Waals surface area contributed by atoms with Crippen molar-refractivity contribution in [3.05, 3.63) is 12.1 Å². The summed E-state index contributed by atoms with van der Waals surface area (Å²) < 4.78 is 0. The van der Waals surface area contributed by atoms with Crippen LogP contribution in [0.2, 0.25) is 0 Å². The van der Waals surface area contributed by atoms with Crippen LogP contribution in [0.4, 0.5) is 0 Å². The summed E-state index contributed by atoms with van der Waals surface area (Å²) in [5.74, 6) is 1.11. The van der Waals surface area contributed by atoms with Crippen molar-refractivity contribution >= 4 is 7.12 Å². The van der Waals surface area contributed by atoms with Crippen molar-refractivity contribution in [1.82, 2.24) is 0 Å². The summed E-state index contributed by atoms with van der Waals surface area (Å²) in [6.07, 6.45) is 1.32. The van der Waals surface area contributed by atoms with Gasteiger partial charge in [-0.25, -0.2) is 0 Å². The van der Waals surface area contributed by atoms with Crippen LogP contribution in [-0.2, 0) is 0 Å². The number of hydrogen-bond acceptors (Lipinski definition) is 3. The first-order valence-electron chi connectivity index (χ1n) is 2.70. The molecule has 9 heavy (non-hydrogen) atoms. The molecule has 0 heterocycles. The second kappa shape index (κ2) is 3.01. The molecule has 0 spiro atoms. The van der Waals surface area contributed by atoms with E-state index in [0.717, 1.165) is 5.98 Å². The predicted molar refractivity (Wildman–Crippen MR) is 35.6 cm³/mol. The molecule has 0 aliphatic carbocycles. The number of rotatable bonds is 2. The average Bonchev–Trinajstić information content (AvgIpc) is 1.59. The van der Waals surface area contributed by atoms with Crippen molar-refractivity contribution in [3.8, 4) is 0 Å². The summed E-state index contributed by atoms with van der Waals surface area (Å²) in [6, 6.07) is 0. The first kappa shape index (κ1) is 8.68. The average molecular weight is 130 g/mol. The lowest BCUT2D eigenvalue weighted by atomic mass is 9.89. The summed E-state index contributed by atoms with van der Waals surface area (Å²) in [5, 5.41) is 25.5. The van der Waals surface area contributed by atoms with Gasteiger partial charge in [0.25, 0.3) is 0 Å². The molecule has 0 amide bonds. The molecule has 0 rings (SSSR count). The Hall–Kier alpha value is -0.315. The minimum Gasteiger partial charge on any atom is -0.424 e. The lowest BCUT2D eigenvalue weighted by molar-refractivity contribution is 0.133. The first-order valence-corrected chi connectivity index (χ1v) is 2.70. The molecule has 0 aromatic heterocycles. The van der Waals surface area contributed by atoms with Crippen molar-refractivity contribution < 1.29 is 15.2 Å². The van der Waals surface area contributed by atoms with E-state index < -0.39 is 12.7 Å². The van der Waals surface area contributed by atoms with Gasteiger partial charge in [-0.15, -0.1) is 0 Å². The summed E-state index contributed by atoms with van der Waals surface area (Å²) in [4.78, 5) is 0. The normalized spacial score (nSPS) is 12.6. The fourth-order valence-electron chi connectivity index (χ4n) is 0.322. The zero-order chi connectivity index (χ0) is 7.49. The second-order valence-electron chi connectivity index (χ2n) is 2.43. The van der Waals surface area contributed by atoms with Crippen LogP contribution >= 0.6 is 0 Å². The van der Waals surface area contributed by atoms with Crippen LogP contribution in [0.1, 0.15) is 13.8 Å². The van der Waals surface area contributed by atoms with Crippen LogP contribution in [-0.4, -0.2) is 27.9 Å². The van der Waals surface area contributed by atoms with E-state index in [2.05, 4.69) is 0 Å². The summed E-state index contributed by atoms with van der Waals surface area (Å²) in [7, 11) is -1.48. The van der Waals surface area contributed by atoms with E-state index >= 15 is 0 Å². The smallest absolute Gasteiger partial charge is 0.424 e. The van der Waals surface area contributed by atoms with Crippen molar-refractivity contribution in [2.45, 2.75) is 19.4 Å². The van der Waals surface area contributed by atoms with Crippen LogP contribution in [0.25, 0.3) is 0 Å². The van der Waals surface area contributed by atoms with Gasteiger partial charge in [0.2, 0.25) is 0 Å². The Bertz CT molecular complexity index is 103. The first-order chi connectivity index (χ1) is 3.92. The van der Waals surface area contributed by atoms with E-state index in [-0.39, 0.29) is 0 Å². The maximum absolute atomic E-state index is 8.96. The molecule has 0 fully saturated rings. The maximum Gasteiger partial charge on any atom is 0.480 e. The molecule has 52 valence electrons. The number of aliphatic hydroxyl groups is 1. The van der Waals surface area contributed by atoms with Gasteiger partial charge in [-0.1, -0.05) is 12.1 Å². The highest BCUT2D eigenvalue weighted by molar-refractivity contribution is 6.47. The third-order valence-corrected chi connectivity index (χ3v) is 0.676. The highest BCUT2D eigenvalue weighted by atomic mass is 16.4. The molecule has 0 aliphatic heterocycles. The summed E-state index contributed by atoms with van der Waals surface area (Å²) >= 11 is 0. The van der Waals surface area contributed by atoms with Crippen molar-refractivity contribution in [1.29, 1.82) is 0 Å². The van der Waals surface area contributed by atoms with E-state index in [1.807, 2.05) is 0 Å². The molecule has 0 unspecified atom stereocenters. The maximum atomic E-state index is 8.96. The minimum absolute atomic E-state index is 0.969. The third kappa shape index (κ3) is 7.68. The highest BCUT2D eigenvalue weighted by Gasteiger charge is 2.08. The SMILES string of the molecule is CC(C)(O)/C=C/B(O)O. The molecule has 0 saturated heterocycles. The van der Waals surface area contributed by atoms with Gasteiger partial charge in [0.05, 0.1) is 5.60 Å². The van der Waals surface area contributed by atoms with E-state index in [4.69, 9.17) is 15.2 Å². The largest absolute Gasteiger partial charge is 0.480 e. The Morgan fingerprint density at radius 1 is 1.33 bits per heavy atom.